The topological polar surface area (TPSA) is 79.0 Å². The van der Waals surface area contributed by atoms with Gasteiger partial charge in [0.15, 0.2) is 0 Å². The standard InChI is InChI=1S/C14H17N3O2/c1-2-16-13(11-4-5-11)8-10-3-6-14(17(18)19)12(7-10)9-15/h3,6-7,11,13,16H,2,4-5,8H2,1H3. The summed E-state index contributed by atoms with van der Waals surface area (Å²) >= 11 is 0. The summed E-state index contributed by atoms with van der Waals surface area (Å²) in [4.78, 5) is 10.3. The van der Waals surface area contributed by atoms with Gasteiger partial charge in [0.1, 0.15) is 11.6 Å². The van der Waals surface area contributed by atoms with Gasteiger partial charge in [0.25, 0.3) is 5.69 Å². The average Bonchev–Trinajstić information content (AvgIpc) is 3.22. The second-order valence-electron chi connectivity index (χ2n) is 4.93. The molecule has 0 heterocycles. The number of nitro benzene ring substituents is 1. The van der Waals surface area contributed by atoms with Gasteiger partial charge >= 0.3 is 0 Å². The van der Waals surface area contributed by atoms with Crippen molar-refractivity contribution < 1.29 is 4.92 Å². The van der Waals surface area contributed by atoms with E-state index in [-0.39, 0.29) is 11.3 Å². The molecule has 5 nitrogen and oxygen atoms in total. The highest BCUT2D eigenvalue weighted by atomic mass is 16.6. The zero-order chi connectivity index (χ0) is 13.8. The van der Waals surface area contributed by atoms with Gasteiger partial charge in [-0.25, -0.2) is 0 Å². The number of benzene rings is 1. The van der Waals surface area contributed by atoms with E-state index in [9.17, 15) is 10.1 Å². The molecule has 1 N–H and O–H groups in total. The van der Waals surface area contributed by atoms with Crippen molar-refractivity contribution in [2.75, 3.05) is 6.54 Å². The Morgan fingerprint density at radius 3 is 2.84 bits per heavy atom. The lowest BCUT2D eigenvalue weighted by Crippen LogP contribution is -2.32. The lowest BCUT2D eigenvalue weighted by molar-refractivity contribution is -0.385. The molecule has 2 rings (SSSR count). The van der Waals surface area contributed by atoms with Crippen molar-refractivity contribution in [2.45, 2.75) is 32.2 Å². The molecule has 1 aromatic rings. The van der Waals surface area contributed by atoms with Crippen LogP contribution in [0.3, 0.4) is 0 Å². The fourth-order valence-electron chi connectivity index (χ4n) is 2.38. The molecule has 19 heavy (non-hydrogen) atoms. The van der Waals surface area contributed by atoms with Crippen LogP contribution >= 0.6 is 0 Å². The summed E-state index contributed by atoms with van der Waals surface area (Å²) in [5.74, 6) is 0.709. The summed E-state index contributed by atoms with van der Waals surface area (Å²) in [5.41, 5.74) is 1.02. The number of nitriles is 1. The Balaban J connectivity index is 2.16. The van der Waals surface area contributed by atoms with Gasteiger partial charge in [-0.2, -0.15) is 5.26 Å². The van der Waals surface area contributed by atoms with E-state index in [4.69, 9.17) is 5.26 Å². The van der Waals surface area contributed by atoms with Crippen molar-refractivity contribution in [3.8, 4) is 6.07 Å². The molecule has 0 amide bonds. The first kappa shape index (κ1) is 13.5. The molecule has 100 valence electrons. The highest BCUT2D eigenvalue weighted by molar-refractivity contribution is 5.50. The minimum atomic E-state index is -0.509. The van der Waals surface area contributed by atoms with E-state index in [0.717, 1.165) is 18.5 Å². The molecule has 0 saturated heterocycles. The highest BCUT2D eigenvalue weighted by Gasteiger charge is 2.30. The van der Waals surface area contributed by atoms with Crippen LogP contribution in [-0.4, -0.2) is 17.5 Å². The summed E-state index contributed by atoms with van der Waals surface area (Å²) in [7, 11) is 0. The van der Waals surface area contributed by atoms with E-state index in [0.29, 0.717) is 12.0 Å². The fraction of sp³-hybridized carbons (Fsp3) is 0.500. The molecule has 1 aliphatic carbocycles. The van der Waals surface area contributed by atoms with E-state index in [1.54, 1.807) is 12.1 Å². The maximum absolute atomic E-state index is 10.8. The molecule has 1 atom stereocenters. The van der Waals surface area contributed by atoms with Gasteiger partial charge in [0.2, 0.25) is 0 Å². The molecule has 0 radical (unpaired) electrons. The van der Waals surface area contributed by atoms with Gasteiger partial charge in [-0.15, -0.1) is 0 Å². The Bertz CT molecular complexity index is 518. The van der Waals surface area contributed by atoms with Crippen molar-refractivity contribution in [3.05, 3.63) is 39.4 Å². The van der Waals surface area contributed by atoms with Crippen LogP contribution in [0.5, 0.6) is 0 Å². The zero-order valence-electron chi connectivity index (χ0n) is 10.9. The van der Waals surface area contributed by atoms with Crippen LogP contribution in [0.1, 0.15) is 30.9 Å². The van der Waals surface area contributed by atoms with Gasteiger partial charge in [-0.05, 0) is 43.4 Å². The Morgan fingerprint density at radius 2 is 2.32 bits per heavy atom. The highest BCUT2D eigenvalue weighted by Crippen LogP contribution is 2.34. The van der Waals surface area contributed by atoms with Gasteiger partial charge < -0.3 is 5.32 Å². The van der Waals surface area contributed by atoms with Crippen LogP contribution in [-0.2, 0) is 6.42 Å². The number of nitrogens with zero attached hydrogens (tertiary/aromatic N) is 2. The molecule has 1 aliphatic rings. The Morgan fingerprint density at radius 1 is 1.58 bits per heavy atom. The zero-order valence-corrected chi connectivity index (χ0v) is 10.9. The van der Waals surface area contributed by atoms with Gasteiger partial charge in [-0.1, -0.05) is 13.0 Å². The van der Waals surface area contributed by atoms with Crippen LogP contribution in [0, 0.1) is 27.4 Å². The average molecular weight is 259 g/mol. The minimum Gasteiger partial charge on any atom is -0.314 e. The number of rotatable bonds is 6. The summed E-state index contributed by atoms with van der Waals surface area (Å²) in [6.45, 7) is 2.99. The maximum atomic E-state index is 10.8. The Hall–Kier alpha value is -1.93. The van der Waals surface area contributed by atoms with Crippen LogP contribution in [0.25, 0.3) is 0 Å². The summed E-state index contributed by atoms with van der Waals surface area (Å²) in [6, 6.07) is 7.15. The quantitative estimate of drug-likeness (QED) is 0.628. The van der Waals surface area contributed by atoms with E-state index in [2.05, 4.69) is 12.2 Å². The van der Waals surface area contributed by atoms with Crippen molar-refractivity contribution >= 4 is 5.69 Å². The predicted molar refractivity (Wildman–Crippen MR) is 71.7 cm³/mol. The maximum Gasteiger partial charge on any atom is 0.287 e. The van der Waals surface area contributed by atoms with Crippen molar-refractivity contribution in [3.63, 3.8) is 0 Å². The molecule has 1 unspecified atom stereocenters. The van der Waals surface area contributed by atoms with Crippen molar-refractivity contribution in [1.82, 2.24) is 5.32 Å². The predicted octanol–water partition coefficient (Wildman–Crippen LogP) is 2.40. The molecule has 0 bridgehead atoms. The number of nitro groups is 1. The number of likely N-dealkylation sites (N-methyl/N-ethyl adjacent to an activating group) is 1. The number of nitrogens with one attached hydrogen (secondary N) is 1. The van der Waals surface area contributed by atoms with Crippen LogP contribution in [0.15, 0.2) is 18.2 Å². The second-order valence-corrected chi connectivity index (χ2v) is 4.93. The molecule has 1 saturated carbocycles. The molecule has 5 heteroatoms. The summed E-state index contributed by atoms with van der Waals surface area (Å²) in [6.07, 6.45) is 3.32. The second kappa shape index (κ2) is 5.81. The Labute approximate surface area is 112 Å². The molecular weight excluding hydrogens is 242 g/mol. The lowest BCUT2D eigenvalue weighted by atomic mass is 10.00. The summed E-state index contributed by atoms with van der Waals surface area (Å²) in [5, 5.41) is 23.2. The molecule has 1 fully saturated rings. The third-order valence-electron chi connectivity index (χ3n) is 3.49. The normalized spacial score (nSPS) is 15.8. The van der Waals surface area contributed by atoms with Gasteiger partial charge in [0.05, 0.1) is 4.92 Å². The summed E-state index contributed by atoms with van der Waals surface area (Å²) < 4.78 is 0. The van der Waals surface area contributed by atoms with E-state index in [1.807, 2.05) is 6.07 Å². The van der Waals surface area contributed by atoms with Crippen LogP contribution < -0.4 is 5.32 Å². The van der Waals surface area contributed by atoms with E-state index >= 15 is 0 Å². The van der Waals surface area contributed by atoms with Gasteiger partial charge in [-0.3, -0.25) is 10.1 Å². The number of hydrogen-bond donors (Lipinski definition) is 1. The number of hydrogen-bond acceptors (Lipinski definition) is 4. The molecule has 0 spiro atoms. The van der Waals surface area contributed by atoms with Gasteiger partial charge in [0, 0.05) is 12.1 Å². The largest absolute Gasteiger partial charge is 0.314 e. The Kier molecular flexibility index (Phi) is 4.13. The fourth-order valence-corrected chi connectivity index (χ4v) is 2.38. The van der Waals surface area contributed by atoms with Crippen molar-refractivity contribution in [2.24, 2.45) is 5.92 Å². The SMILES string of the molecule is CCNC(Cc1ccc([N+](=O)[O-])c(C#N)c1)C1CC1. The first-order chi connectivity index (χ1) is 9.15. The third-order valence-corrected chi connectivity index (χ3v) is 3.49. The minimum absolute atomic E-state index is 0.113. The molecule has 1 aromatic carbocycles. The third kappa shape index (κ3) is 3.30. The molecular formula is C14H17N3O2. The van der Waals surface area contributed by atoms with Crippen LogP contribution in [0.4, 0.5) is 5.69 Å². The van der Waals surface area contributed by atoms with Crippen molar-refractivity contribution in [1.29, 1.82) is 5.26 Å². The smallest absolute Gasteiger partial charge is 0.287 e. The van der Waals surface area contributed by atoms with E-state index < -0.39 is 4.92 Å². The lowest BCUT2D eigenvalue weighted by Gasteiger charge is -2.17. The monoisotopic (exact) mass is 259 g/mol. The first-order valence-electron chi connectivity index (χ1n) is 6.56. The van der Waals surface area contributed by atoms with Crippen LogP contribution in [0.2, 0.25) is 0 Å². The molecule has 0 aromatic heterocycles. The first-order valence-corrected chi connectivity index (χ1v) is 6.56. The van der Waals surface area contributed by atoms with E-state index in [1.165, 1.54) is 18.9 Å². The molecule has 0 aliphatic heterocycles.